The molecule has 138 valence electrons. The number of hydrogen-bond donors (Lipinski definition) is 1. The molecule has 1 amide bonds. The smallest absolute Gasteiger partial charge is 0.349 e. The van der Waals surface area contributed by atoms with Gasteiger partial charge in [-0.15, -0.1) is 0 Å². The number of nitrogens with one attached hydrogen (secondary N) is 1. The molecule has 1 N–H and O–H groups in total. The average Bonchev–Trinajstić information content (AvgIpc) is 2.74. The van der Waals surface area contributed by atoms with Gasteiger partial charge >= 0.3 is 5.63 Å². The molecule has 0 spiro atoms. The summed E-state index contributed by atoms with van der Waals surface area (Å²) in [7, 11) is 0. The third-order valence-electron chi connectivity index (χ3n) is 4.95. The standard InChI is InChI=1S/C24H19NO3/c1-24(18-11-4-2-5-12-18,19-13-6-3-7-14-19)25-22(26)20-16-17-10-8-9-15-21(17)28-23(20)27/h2-16H,1H3,(H,25,26). The van der Waals surface area contributed by atoms with Crippen molar-refractivity contribution in [2.75, 3.05) is 0 Å². The van der Waals surface area contributed by atoms with Crippen LogP contribution in [0.15, 0.2) is 100 Å². The number of amides is 1. The van der Waals surface area contributed by atoms with E-state index >= 15 is 0 Å². The van der Waals surface area contributed by atoms with Gasteiger partial charge in [0.15, 0.2) is 0 Å². The largest absolute Gasteiger partial charge is 0.422 e. The molecule has 4 nitrogen and oxygen atoms in total. The summed E-state index contributed by atoms with van der Waals surface area (Å²) in [6, 6.07) is 28.1. The normalized spacial score (nSPS) is 11.3. The van der Waals surface area contributed by atoms with Gasteiger partial charge < -0.3 is 9.73 Å². The number of carbonyl (C=O) groups is 1. The minimum Gasteiger partial charge on any atom is -0.422 e. The van der Waals surface area contributed by atoms with Gasteiger partial charge in [-0.1, -0.05) is 78.9 Å². The summed E-state index contributed by atoms with van der Waals surface area (Å²) in [6.07, 6.45) is 0. The highest BCUT2D eigenvalue weighted by molar-refractivity contribution is 5.97. The molecule has 1 aromatic heterocycles. The van der Waals surface area contributed by atoms with Crippen molar-refractivity contribution in [3.8, 4) is 0 Å². The molecule has 0 bridgehead atoms. The van der Waals surface area contributed by atoms with Crippen LogP contribution >= 0.6 is 0 Å². The van der Waals surface area contributed by atoms with Gasteiger partial charge in [0.2, 0.25) is 0 Å². The van der Waals surface area contributed by atoms with Crippen LogP contribution in [-0.4, -0.2) is 5.91 Å². The van der Waals surface area contributed by atoms with Gasteiger partial charge in [-0.3, -0.25) is 4.79 Å². The minimum atomic E-state index is -0.808. The van der Waals surface area contributed by atoms with Crippen LogP contribution in [0.5, 0.6) is 0 Å². The van der Waals surface area contributed by atoms with E-state index in [1.807, 2.05) is 79.7 Å². The van der Waals surface area contributed by atoms with Crippen LogP contribution in [0.2, 0.25) is 0 Å². The Bertz CT molecular complexity index is 1140. The summed E-state index contributed by atoms with van der Waals surface area (Å²) >= 11 is 0. The first-order chi connectivity index (χ1) is 13.6. The Kier molecular flexibility index (Phi) is 4.53. The van der Waals surface area contributed by atoms with Crippen LogP contribution in [0.4, 0.5) is 0 Å². The Balaban J connectivity index is 1.79. The number of para-hydroxylation sites is 1. The molecule has 28 heavy (non-hydrogen) atoms. The summed E-state index contributed by atoms with van der Waals surface area (Å²) in [5, 5.41) is 3.75. The molecule has 0 unspecified atom stereocenters. The lowest BCUT2D eigenvalue weighted by Crippen LogP contribution is -2.45. The molecular formula is C24H19NO3. The summed E-state index contributed by atoms with van der Waals surface area (Å²) in [5.41, 5.74) is 0.811. The molecule has 0 radical (unpaired) electrons. The molecular weight excluding hydrogens is 350 g/mol. The van der Waals surface area contributed by atoms with Crippen LogP contribution in [0, 0.1) is 0 Å². The Morgan fingerprint density at radius 1 is 0.821 bits per heavy atom. The molecule has 0 saturated heterocycles. The molecule has 0 fully saturated rings. The van der Waals surface area contributed by atoms with Gasteiger partial charge in [-0.2, -0.15) is 0 Å². The number of benzene rings is 3. The van der Waals surface area contributed by atoms with Crippen LogP contribution in [-0.2, 0) is 5.54 Å². The second-order valence-corrected chi connectivity index (χ2v) is 6.80. The number of fused-ring (bicyclic) bond motifs is 1. The van der Waals surface area contributed by atoms with E-state index in [2.05, 4.69) is 5.32 Å². The zero-order valence-corrected chi connectivity index (χ0v) is 15.4. The minimum absolute atomic E-state index is 0.0169. The topological polar surface area (TPSA) is 59.3 Å². The number of hydrogen-bond acceptors (Lipinski definition) is 3. The first-order valence-electron chi connectivity index (χ1n) is 9.04. The van der Waals surface area contributed by atoms with E-state index in [4.69, 9.17) is 4.42 Å². The molecule has 0 aliphatic heterocycles. The highest BCUT2D eigenvalue weighted by Crippen LogP contribution is 2.29. The lowest BCUT2D eigenvalue weighted by Gasteiger charge is -2.32. The summed E-state index contributed by atoms with van der Waals surface area (Å²) < 4.78 is 5.32. The van der Waals surface area contributed by atoms with Gasteiger partial charge in [0, 0.05) is 5.39 Å². The maximum atomic E-state index is 13.1. The zero-order valence-electron chi connectivity index (χ0n) is 15.4. The molecule has 0 saturated carbocycles. The second-order valence-electron chi connectivity index (χ2n) is 6.80. The molecule has 3 aromatic carbocycles. The fourth-order valence-corrected chi connectivity index (χ4v) is 3.37. The Labute approximate surface area is 162 Å². The zero-order chi connectivity index (χ0) is 19.6. The Hall–Kier alpha value is -3.66. The molecule has 4 rings (SSSR count). The summed E-state index contributed by atoms with van der Waals surface area (Å²) in [4.78, 5) is 25.5. The third-order valence-corrected chi connectivity index (χ3v) is 4.95. The van der Waals surface area contributed by atoms with E-state index in [0.717, 1.165) is 11.1 Å². The third kappa shape index (κ3) is 3.21. The molecule has 1 heterocycles. The van der Waals surface area contributed by atoms with Crippen LogP contribution in [0.3, 0.4) is 0 Å². The predicted molar refractivity (Wildman–Crippen MR) is 109 cm³/mol. The highest BCUT2D eigenvalue weighted by Gasteiger charge is 2.32. The fraction of sp³-hybridized carbons (Fsp3) is 0.0833. The van der Waals surface area contributed by atoms with Gasteiger partial charge in [0.05, 0.1) is 5.54 Å². The average molecular weight is 369 g/mol. The molecule has 0 aliphatic carbocycles. The SMILES string of the molecule is CC(NC(=O)c1cc2ccccc2oc1=O)(c1ccccc1)c1ccccc1. The van der Waals surface area contributed by atoms with Gasteiger partial charge in [0.25, 0.3) is 5.91 Å². The second kappa shape index (κ2) is 7.16. The summed E-state index contributed by atoms with van der Waals surface area (Å²) in [6.45, 7) is 1.93. The van der Waals surface area contributed by atoms with Gasteiger partial charge in [-0.25, -0.2) is 4.79 Å². The van der Waals surface area contributed by atoms with Crippen molar-refractivity contribution in [1.29, 1.82) is 0 Å². The lowest BCUT2D eigenvalue weighted by molar-refractivity contribution is 0.0915. The van der Waals surface area contributed by atoms with Crippen molar-refractivity contribution in [3.63, 3.8) is 0 Å². The molecule has 4 heteroatoms. The predicted octanol–water partition coefficient (Wildman–Crippen LogP) is 4.49. The molecule has 4 aromatic rings. The molecule has 0 aliphatic rings. The van der Waals surface area contributed by atoms with Gasteiger partial charge in [0.1, 0.15) is 11.1 Å². The number of rotatable bonds is 4. The van der Waals surface area contributed by atoms with Crippen molar-refractivity contribution in [1.82, 2.24) is 5.32 Å². The Morgan fingerprint density at radius 3 is 1.96 bits per heavy atom. The fourth-order valence-electron chi connectivity index (χ4n) is 3.37. The van der Waals surface area contributed by atoms with Crippen LogP contribution < -0.4 is 10.9 Å². The van der Waals surface area contributed by atoms with E-state index < -0.39 is 17.1 Å². The Morgan fingerprint density at radius 2 is 1.36 bits per heavy atom. The highest BCUT2D eigenvalue weighted by atomic mass is 16.4. The lowest BCUT2D eigenvalue weighted by atomic mass is 9.84. The quantitative estimate of drug-likeness (QED) is 0.539. The van der Waals surface area contributed by atoms with E-state index in [1.165, 1.54) is 0 Å². The van der Waals surface area contributed by atoms with Crippen LogP contribution in [0.25, 0.3) is 11.0 Å². The van der Waals surface area contributed by atoms with Crippen molar-refractivity contribution in [3.05, 3.63) is 118 Å². The first kappa shape index (κ1) is 17.7. The summed E-state index contributed by atoms with van der Waals surface area (Å²) in [5.74, 6) is -0.477. The van der Waals surface area contributed by atoms with E-state index in [9.17, 15) is 9.59 Å². The van der Waals surface area contributed by atoms with E-state index in [-0.39, 0.29) is 5.56 Å². The van der Waals surface area contributed by atoms with Crippen molar-refractivity contribution < 1.29 is 9.21 Å². The van der Waals surface area contributed by atoms with Crippen molar-refractivity contribution >= 4 is 16.9 Å². The van der Waals surface area contributed by atoms with Crippen LogP contribution in [0.1, 0.15) is 28.4 Å². The maximum Gasteiger partial charge on any atom is 0.349 e. The molecule has 0 atom stereocenters. The first-order valence-corrected chi connectivity index (χ1v) is 9.04. The van der Waals surface area contributed by atoms with Crippen molar-refractivity contribution in [2.45, 2.75) is 12.5 Å². The number of carbonyl (C=O) groups excluding carboxylic acids is 1. The maximum absolute atomic E-state index is 13.1. The van der Waals surface area contributed by atoms with Gasteiger partial charge in [-0.05, 0) is 30.2 Å². The monoisotopic (exact) mass is 369 g/mol. The van der Waals surface area contributed by atoms with E-state index in [0.29, 0.717) is 11.0 Å². The van der Waals surface area contributed by atoms with E-state index in [1.54, 1.807) is 18.2 Å². The van der Waals surface area contributed by atoms with Crippen molar-refractivity contribution in [2.24, 2.45) is 0 Å².